The maximum absolute atomic E-state index is 11.4. The number of carbonyl (C=O) groups is 2. The van der Waals surface area contributed by atoms with Gasteiger partial charge in [-0.05, 0) is 0 Å². The molecule has 1 heterocycles. The maximum atomic E-state index is 11.4. The second-order valence-corrected chi connectivity index (χ2v) is 4.35. The lowest BCUT2D eigenvalue weighted by atomic mass is 10.3. The molecule has 6 nitrogen and oxygen atoms in total. The SMILES string of the molecule is COC(=O)C(CNCc1cncs1)NC(C)=O. The van der Waals surface area contributed by atoms with Crippen molar-refractivity contribution in [3.05, 3.63) is 16.6 Å². The van der Waals surface area contributed by atoms with Gasteiger partial charge in [0.2, 0.25) is 5.91 Å². The number of thiazole rings is 1. The van der Waals surface area contributed by atoms with E-state index in [1.807, 2.05) is 0 Å². The molecule has 1 unspecified atom stereocenters. The van der Waals surface area contributed by atoms with E-state index in [0.717, 1.165) is 4.88 Å². The standard InChI is InChI=1S/C10H15N3O3S/c1-7(14)13-9(10(15)16-2)5-11-3-8-4-12-6-17-8/h4,6,9,11H,3,5H2,1-2H3,(H,13,14). The van der Waals surface area contributed by atoms with Gasteiger partial charge in [-0.15, -0.1) is 11.3 Å². The number of esters is 1. The van der Waals surface area contributed by atoms with E-state index in [9.17, 15) is 9.59 Å². The fourth-order valence-electron chi connectivity index (χ4n) is 1.25. The molecule has 0 aliphatic carbocycles. The van der Waals surface area contributed by atoms with E-state index < -0.39 is 12.0 Å². The monoisotopic (exact) mass is 257 g/mol. The van der Waals surface area contributed by atoms with Gasteiger partial charge in [-0.2, -0.15) is 0 Å². The van der Waals surface area contributed by atoms with Crippen molar-refractivity contribution in [2.24, 2.45) is 0 Å². The van der Waals surface area contributed by atoms with Crippen molar-refractivity contribution in [1.82, 2.24) is 15.6 Å². The summed E-state index contributed by atoms with van der Waals surface area (Å²) < 4.78 is 4.60. The van der Waals surface area contributed by atoms with E-state index in [4.69, 9.17) is 0 Å². The Labute approximate surface area is 103 Å². The molecule has 2 N–H and O–H groups in total. The summed E-state index contributed by atoms with van der Waals surface area (Å²) in [6.45, 7) is 2.29. The van der Waals surface area contributed by atoms with Crippen LogP contribution >= 0.6 is 11.3 Å². The Bertz CT molecular complexity index is 367. The predicted molar refractivity (Wildman–Crippen MR) is 63.4 cm³/mol. The number of carbonyl (C=O) groups excluding carboxylic acids is 2. The molecule has 7 heteroatoms. The van der Waals surface area contributed by atoms with Crippen LogP contribution in [0.4, 0.5) is 0 Å². The van der Waals surface area contributed by atoms with Crippen molar-refractivity contribution in [3.63, 3.8) is 0 Å². The van der Waals surface area contributed by atoms with Gasteiger partial charge in [0, 0.05) is 31.1 Å². The van der Waals surface area contributed by atoms with Gasteiger partial charge in [0.05, 0.1) is 12.6 Å². The summed E-state index contributed by atoms with van der Waals surface area (Å²) in [5.74, 6) is -0.725. The first-order valence-electron chi connectivity index (χ1n) is 5.06. The third-order valence-electron chi connectivity index (χ3n) is 1.99. The Balaban J connectivity index is 2.38. The first-order valence-corrected chi connectivity index (χ1v) is 5.94. The quantitative estimate of drug-likeness (QED) is 0.696. The van der Waals surface area contributed by atoms with Crippen LogP contribution in [0.2, 0.25) is 0 Å². The molecule has 0 saturated carbocycles. The number of methoxy groups -OCH3 is 1. The number of nitrogens with zero attached hydrogens (tertiary/aromatic N) is 1. The summed E-state index contributed by atoms with van der Waals surface area (Å²) in [5.41, 5.74) is 1.74. The topological polar surface area (TPSA) is 80.3 Å². The Morgan fingerprint density at radius 2 is 2.35 bits per heavy atom. The zero-order valence-corrected chi connectivity index (χ0v) is 10.5. The van der Waals surface area contributed by atoms with Crippen LogP contribution in [0.25, 0.3) is 0 Å². The second-order valence-electron chi connectivity index (χ2n) is 3.37. The van der Waals surface area contributed by atoms with Crippen LogP contribution in [0.15, 0.2) is 11.7 Å². The Morgan fingerprint density at radius 3 is 2.88 bits per heavy atom. The van der Waals surface area contributed by atoms with E-state index >= 15 is 0 Å². The number of hydrogen-bond donors (Lipinski definition) is 2. The van der Waals surface area contributed by atoms with Gasteiger partial charge in [0.1, 0.15) is 6.04 Å². The fourth-order valence-corrected chi connectivity index (χ4v) is 1.81. The van der Waals surface area contributed by atoms with Gasteiger partial charge < -0.3 is 15.4 Å². The molecule has 0 aromatic carbocycles. The fraction of sp³-hybridized carbons (Fsp3) is 0.500. The lowest BCUT2D eigenvalue weighted by molar-refractivity contribution is -0.144. The zero-order chi connectivity index (χ0) is 12.7. The average molecular weight is 257 g/mol. The van der Waals surface area contributed by atoms with Crippen molar-refractivity contribution in [1.29, 1.82) is 0 Å². The number of nitrogens with one attached hydrogen (secondary N) is 2. The van der Waals surface area contributed by atoms with Gasteiger partial charge in [0.25, 0.3) is 0 Å². The Hall–Kier alpha value is -1.47. The molecule has 0 bridgehead atoms. The molecule has 94 valence electrons. The summed E-state index contributed by atoms with van der Waals surface area (Å²) in [4.78, 5) is 27.3. The molecule has 1 aromatic rings. The van der Waals surface area contributed by atoms with Crippen molar-refractivity contribution in [3.8, 4) is 0 Å². The van der Waals surface area contributed by atoms with Crippen LogP contribution in [-0.2, 0) is 20.9 Å². The van der Waals surface area contributed by atoms with Crippen LogP contribution in [0.1, 0.15) is 11.8 Å². The minimum Gasteiger partial charge on any atom is -0.467 e. The van der Waals surface area contributed by atoms with Crippen LogP contribution in [0.5, 0.6) is 0 Å². The Morgan fingerprint density at radius 1 is 1.59 bits per heavy atom. The Kier molecular flexibility index (Phi) is 5.58. The van der Waals surface area contributed by atoms with Crippen LogP contribution in [0.3, 0.4) is 0 Å². The van der Waals surface area contributed by atoms with E-state index in [-0.39, 0.29) is 5.91 Å². The number of rotatable bonds is 6. The first kappa shape index (κ1) is 13.6. The molecule has 0 saturated heterocycles. The highest BCUT2D eigenvalue weighted by molar-refractivity contribution is 7.09. The number of aromatic nitrogens is 1. The predicted octanol–water partition coefficient (Wildman–Crippen LogP) is -0.0896. The number of amides is 1. The van der Waals surface area contributed by atoms with Crippen LogP contribution < -0.4 is 10.6 Å². The minimum atomic E-state index is -0.662. The lowest BCUT2D eigenvalue weighted by Crippen LogP contribution is -2.46. The molecule has 0 aliphatic heterocycles. The largest absolute Gasteiger partial charge is 0.467 e. The van der Waals surface area contributed by atoms with Gasteiger partial charge in [0.15, 0.2) is 0 Å². The third-order valence-corrected chi connectivity index (χ3v) is 2.77. The molecule has 17 heavy (non-hydrogen) atoms. The highest BCUT2D eigenvalue weighted by Crippen LogP contribution is 2.03. The van der Waals surface area contributed by atoms with Crippen molar-refractivity contribution in [2.45, 2.75) is 19.5 Å². The van der Waals surface area contributed by atoms with Crippen LogP contribution in [-0.4, -0.2) is 36.6 Å². The molecule has 1 amide bonds. The highest BCUT2D eigenvalue weighted by Gasteiger charge is 2.19. The first-order chi connectivity index (χ1) is 8.13. The molecule has 0 fully saturated rings. The molecule has 1 rings (SSSR count). The molecule has 0 spiro atoms. The maximum Gasteiger partial charge on any atom is 0.329 e. The van der Waals surface area contributed by atoms with Crippen molar-refractivity contribution >= 4 is 23.2 Å². The molecule has 1 aromatic heterocycles. The smallest absolute Gasteiger partial charge is 0.329 e. The second kappa shape index (κ2) is 6.97. The highest BCUT2D eigenvalue weighted by atomic mass is 32.1. The normalized spacial score (nSPS) is 11.9. The summed E-state index contributed by atoms with van der Waals surface area (Å²) in [7, 11) is 1.29. The van der Waals surface area contributed by atoms with Gasteiger partial charge in [-0.1, -0.05) is 0 Å². The lowest BCUT2D eigenvalue weighted by Gasteiger charge is -2.15. The number of hydrogen-bond acceptors (Lipinski definition) is 6. The van der Waals surface area contributed by atoms with E-state index in [1.54, 1.807) is 11.7 Å². The van der Waals surface area contributed by atoms with Gasteiger partial charge in [-0.3, -0.25) is 9.78 Å². The van der Waals surface area contributed by atoms with Crippen molar-refractivity contribution in [2.75, 3.05) is 13.7 Å². The van der Waals surface area contributed by atoms with E-state index in [0.29, 0.717) is 13.1 Å². The molecular weight excluding hydrogens is 242 g/mol. The van der Waals surface area contributed by atoms with Crippen LogP contribution in [0, 0.1) is 0 Å². The summed E-state index contributed by atoms with van der Waals surface area (Å²) in [6.07, 6.45) is 1.75. The van der Waals surface area contributed by atoms with Crippen molar-refractivity contribution < 1.29 is 14.3 Å². The van der Waals surface area contributed by atoms with E-state index in [1.165, 1.54) is 25.4 Å². The minimum absolute atomic E-state index is 0.264. The number of ether oxygens (including phenoxy) is 1. The summed E-state index contributed by atoms with van der Waals surface area (Å²) in [6, 6.07) is -0.662. The molecule has 1 atom stereocenters. The zero-order valence-electron chi connectivity index (χ0n) is 9.73. The molecule has 0 radical (unpaired) electrons. The summed E-state index contributed by atoms with van der Waals surface area (Å²) >= 11 is 1.53. The third kappa shape index (κ3) is 4.92. The molecular formula is C10H15N3O3S. The average Bonchev–Trinajstić information content (AvgIpc) is 2.79. The van der Waals surface area contributed by atoms with Gasteiger partial charge >= 0.3 is 5.97 Å². The van der Waals surface area contributed by atoms with E-state index in [2.05, 4.69) is 20.4 Å². The van der Waals surface area contributed by atoms with Gasteiger partial charge in [-0.25, -0.2) is 4.79 Å². The molecule has 0 aliphatic rings. The summed E-state index contributed by atoms with van der Waals surface area (Å²) in [5, 5.41) is 5.59.